The minimum absolute atomic E-state index is 0.000623. The molecule has 26 heavy (non-hydrogen) atoms. The van der Waals surface area contributed by atoms with E-state index in [2.05, 4.69) is 10.4 Å². The van der Waals surface area contributed by atoms with Crippen LogP contribution < -0.4 is 15.6 Å². The Morgan fingerprint density at radius 2 is 1.96 bits per heavy atom. The number of carbonyl (C=O) groups is 1. The summed E-state index contributed by atoms with van der Waals surface area (Å²) in [5.41, 5.74) is 1.12. The maximum atomic E-state index is 12.7. The second kappa shape index (κ2) is 6.55. The van der Waals surface area contributed by atoms with E-state index in [4.69, 9.17) is 4.74 Å². The average molecular weight is 357 g/mol. The summed E-state index contributed by atoms with van der Waals surface area (Å²) in [5.74, 6) is 0.438. The molecule has 0 saturated heterocycles. The lowest BCUT2D eigenvalue weighted by Gasteiger charge is -2.28. The van der Waals surface area contributed by atoms with Crippen LogP contribution in [-0.2, 0) is 4.79 Å². The molecule has 2 heterocycles. The van der Waals surface area contributed by atoms with E-state index < -0.39 is 0 Å². The molecule has 4 rings (SSSR count). The number of ether oxygens (including phenoxy) is 1. The molecule has 1 aromatic carbocycles. The minimum atomic E-state index is -0.385. The van der Waals surface area contributed by atoms with Crippen molar-refractivity contribution >= 4 is 11.7 Å². The molecule has 138 valence electrons. The van der Waals surface area contributed by atoms with Gasteiger partial charge in [0.15, 0.2) is 11.5 Å². The largest absolute Gasteiger partial charge is 0.504 e. The predicted molar refractivity (Wildman–Crippen MR) is 96.9 cm³/mol. The molecule has 1 aliphatic heterocycles. The molecule has 0 spiro atoms. The van der Waals surface area contributed by atoms with Gasteiger partial charge in [-0.3, -0.25) is 19.4 Å². The highest BCUT2D eigenvalue weighted by Gasteiger charge is 2.34. The number of phenolic OH excluding ortho intramolecular Hbond substituents is 1. The van der Waals surface area contributed by atoms with Crippen LogP contribution in [0.15, 0.2) is 23.0 Å². The first-order chi connectivity index (χ1) is 12.6. The van der Waals surface area contributed by atoms with Crippen LogP contribution >= 0.6 is 0 Å². The van der Waals surface area contributed by atoms with Gasteiger partial charge >= 0.3 is 0 Å². The number of H-pyrrole nitrogens is 1. The van der Waals surface area contributed by atoms with Crippen LogP contribution in [0.2, 0.25) is 0 Å². The number of aromatic hydroxyl groups is 1. The molecule has 0 bridgehead atoms. The van der Waals surface area contributed by atoms with Crippen LogP contribution in [0.4, 0.5) is 5.82 Å². The summed E-state index contributed by atoms with van der Waals surface area (Å²) in [7, 11) is 1.48. The molecule has 1 saturated carbocycles. The second-order valence-electron chi connectivity index (χ2n) is 7.10. The van der Waals surface area contributed by atoms with E-state index in [1.165, 1.54) is 13.5 Å². The maximum Gasteiger partial charge on any atom is 0.270 e. The zero-order valence-corrected chi connectivity index (χ0v) is 14.7. The number of hydrogen-bond acceptors (Lipinski definition) is 4. The maximum absolute atomic E-state index is 12.7. The van der Waals surface area contributed by atoms with Crippen molar-refractivity contribution in [2.24, 2.45) is 0 Å². The number of methoxy groups -OCH3 is 1. The Morgan fingerprint density at radius 3 is 2.65 bits per heavy atom. The van der Waals surface area contributed by atoms with Crippen molar-refractivity contribution in [2.45, 2.75) is 50.5 Å². The molecule has 1 aromatic heterocycles. The summed E-state index contributed by atoms with van der Waals surface area (Å²) in [6, 6.07) is 5.23. The predicted octanol–water partition coefficient (Wildman–Crippen LogP) is 2.87. The number of anilines is 1. The summed E-state index contributed by atoms with van der Waals surface area (Å²) in [5, 5.41) is 15.9. The molecule has 1 aliphatic carbocycles. The molecular formula is C19H23N3O4. The Bertz CT molecular complexity index is 893. The molecule has 3 N–H and O–H groups in total. The Hall–Kier alpha value is -2.70. The fourth-order valence-electron chi connectivity index (χ4n) is 4.21. The van der Waals surface area contributed by atoms with Gasteiger partial charge in [-0.25, -0.2) is 0 Å². The monoisotopic (exact) mass is 357 g/mol. The summed E-state index contributed by atoms with van der Waals surface area (Å²) >= 11 is 0. The SMILES string of the molecule is COc1ccc([C@@H]2CC(=O)Nc3c2c(=O)[nH]n3C2CCCCC2)cc1O. The second-order valence-corrected chi connectivity index (χ2v) is 7.10. The Balaban J connectivity index is 1.78. The smallest absolute Gasteiger partial charge is 0.270 e. The van der Waals surface area contributed by atoms with Gasteiger partial charge in [0.1, 0.15) is 5.82 Å². The number of aromatic amines is 1. The van der Waals surface area contributed by atoms with Crippen LogP contribution in [0.3, 0.4) is 0 Å². The number of nitrogens with zero attached hydrogens (tertiary/aromatic N) is 1. The molecule has 1 atom stereocenters. The lowest BCUT2D eigenvalue weighted by atomic mass is 9.87. The van der Waals surface area contributed by atoms with Crippen molar-refractivity contribution in [3.63, 3.8) is 0 Å². The summed E-state index contributed by atoms with van der Waals surface area (Å²) in [6.07, 6.45) is 5.65. The highest BCUT2D eigenvalue weighted by Crippen LogP contribution is 2.40. The van der Waals surface area contributed by atoms with Crippen molar-refractivity contribution in [2.75, 3.05) is 12.4 Å². The molecule has 2 aromatic rings. The third-order valence-corrected chi connectivity index (χ3v) is 5.50. The van der Waals surface area contributed by atoms with Gasteiger partial charge in [-0.15, -0.1) is 0 Å². The van der Waals surface area contributed by atoms with Crippen LogP contribution in [0.1, 0.15) is 61.6 Å². The number of fused-ring (bicyclic) bond motifs is 1. The highest BCUT2D eigenvalue weighted by atomic mass is 16.5. The van der Waals surface area contributed by atoms with Crippen molar-refractivity contribution < 1.29 is 14.6 Å². The van der Waals surface area contributed by atoms with Gasteiger partial charge in [0.05, 0.1) is 18.7 Å². The van der Waals surface area contributed by atoms with E-state index >= 15 is 0 Å². The van der Waals surface area contributed by atoms with E-state index in [0.29, 0.717) is 17.1 Å². The van der Waals surface area contributed by atoms with Gasteiger partial charge in [0.2, 0.25) is 5.91 Å². The van der Waals surface area contributed by atoms with Gasteiger partial charge in [0.25, 0.3) is 5.56 Å². The quantitative estimate of drug-likeness (QED) is 0.787. The van der Waals surface area contributed by atoms with Gasteiger partial charge in [-0.1, -0.05) is 25.3 Å². The first kappa shape index (κ1) is 16.8. The molecule has 1 fully saturated rings. The molecule has 0 radical (unpaired) electrons. The molecule has 7 nitrogen and oxygen atoms in total. The Morgan fingerprint density at radius 1 is 1.19 bits per heavy atom. The number of phenols is 1. The summed E-state index contributed by atoms with van der Waals surface area (Å²) in [4.78, 5) is 25.0. The van der Waals surface area contributed by atoms with Gasteiger partial charge in [-0.2, -0.15) is 0 Å². The number of aromatic nitrogens is 2. The van der Waals surface area contributed by atoms with Crippen LogP contribution in [0, 0.1) is 0 Å². The third-order valence-electron chi connectivity index (χ3n) is 5.50. The molecule has 0 unspecified atom stereocenters. The Kier molecular flexibility index (Phi) is 4.22. The summed E-state index contributed by atoms with van der Waals surface area (Å²) < 4.78 is 6.94. The molecule has 2 aliphatic rings. The zero-order chi connectivity index (χ0) is 18.3. The van der Waals surface area contributed by atoms with Crippen molar-refractivity contribution in [3.05, 3.63) is 39.7 Å². The average Bonchev–Trinajstić information content (AvgIpc) is 2.98. The molecule has 7 heteroatoms. The van der Waals surface area contributed by atoms with Crippen molar-refractivity contribution in [1.82, 2.24) is 9.78 Å². The van der Waals surface area contributed by atoms with E-state index in [1.807, 2.05) is 4.68 Å². The van der Waals surface area contributed by atoms with E-state index in [-0.39, 0.29) is 35.6 Å². The third kappa shape index (κ3) is 2.77. The van der Waals surface area contributed by atoms with Crippen molar-refractivity contribution in [3.8, 4) is 11.5 Å². The lowest BCUT2D eigenvalue weighted by molar-refractivity contribution is -0.116. The summed E-state index contributed by atoms with van der Waals surface area (Å²) in [6.45, 7) is 0. The van der Waals surface area contributed by atoms with Crippen LogP contribution in [0.25, 0.3) is 0 Å². The van der Waals surface area contributed by atoms with E-state index in [9.17, 15) is 14.7 Å². The lowest BCUT2D eigenvalue weighted by Crippen LogP contribution is -2.27. The number of amides is 1. The zero-order valence-electron chi connectivity index (χ0n) is 14.7. The van der Waals surface area contributed by atoms with E-state index in [0.717, 1.165) is 31.2 Å². The standard InChI is InChI=1S/C19H23N3O4/c1-26-15-8-7-11(9-14(15)23)13-10-16(24)20-18-17(13)19(25)21-22(18)12-5-3-2-4-6-12/h7-9,12-13,23H,2-6,10H2,1H3,(H,20,24)(H,21,25)/t13-/m0/s1. The molecule has 1 amide bonds. The normalized spacial score (nSPS) is 20.5. The first-order valence-electron chi connectivity index (χ1n) is 9.09. The Labute approximate surface area is 151 Å². The first-order valence-corrected chi connectivity index (χ1v) is 9.09. The number of rotatable bonds is 3. The van der Waals surface area contributed by atoms with Gasteiger partial charge in [0, 0.05) is 12.3 Å². The topological polar surface area (TPSA) is 96.4 Å². The number of hydrogen-bond donors (Lipinski definition) is 3. The van der Waals surface area contributed by atoms with Crippen LogP contribution in [0.5, 0.6) is 11.5 Å². The van der Waals surface area contributed by atoms with Crippen LogP contribution in [-0.4, -0.2) is 27.9 Å². The number of benzene rings is 1. The van der Waals surface area contributed by atoms with Crippen molar-refractivity contribution in [1.29, 1.82) is 0 Å². The van der Waals surface area contributed by atoms with E-state index in [1.54, 1.807) is 18.2 Å². The molecular weight excluding hydrogens is 334 g/mol. The van der Waals surface area contributed by atoms with Gasteiger partial charge < -0.3 is 15.2 Å². The number of carbonyl (C=O) groups excluding carboxylic acids is 1. The van der Waals surface area contributed by atoms with Gasteiger partial charge in [-0.05, 0) is 30.5 Å². The fraction of sp³-hybridized carbons (Fsp3) is 0.474. The fourth-order valence-corrected chi connectivity index (χ4v) is 4.21. The minimum Gasteiger partial charge on any atom is -0.504 e. The number of nitrogens with one attached hydrogen (secondary N) is 2. The highest BCUT2D eigenvalue weighted by molar-refractivity contribution is 5.94.